The molecule has 0 spiro atoms. The quantitative estimate of drug-likeness (QED) is 0.368. The van der Waals surface area contributed by atoms with Crippen molar-refractivity contribution in [1.29, 1.82) is 0 Å². The molecule has 3 aliphatic rings. The van der Waals surface area contributed by atoms with Crippen molar-refractivity contribution < 1.29 is 9.84 Å². The van der Waals surface area contributed by atoms with Crippen LogP contribution in [0.2, 0.25) is 0 Å². The van der Waals surface area contributed by atoms with Crippen LogP contribution in [-0.2, 0) is 6.42 Å². The summed E-state index contributed by atoms with van der Waals surface area (Å²) in [5, 5.41) is 10.2. The number of fused-ring (bicyclic) bond motifs is 1. The highest BCUT2D eigenvalue weighted by Gasteiger charge is 2.50. The van der Waals surface area contributed by atoms with Crippen LogP contribution >= 0.6 is 0 Å². The minimum Gasteiger partial charge on any atom is -0.497 e. The molecule has 0 aliphatic heterocycles. The normalized spacial score (nSPS) is 29.7. The van der Waals surface area contributed by atoms with Crippen LogP contribution in [0.5, 0.6) is 5.75 Å². The second-order valence-electron chi connectivity index (χ2n) is 12.2. The lowest BCUT2D eigenvalue weighted by Gasteiger charge is -2.44. The van der Waals surface area contributed by atoms with Crippen LogP contribution in [0, 0.1) is 23.2 Å². The fraction of sp³-hybridized carbons (Fsp3) is 0.667. The van der Waals surface area contributed by atoms with Gasteiger partial charge in [0.25, 0.3) is 0 Å². The highest BCUT2D eigenvalue weighted by atomic mass is 16.5. The smallest absolute Gasteiger partial charge is 0.118 e. The van der Waals surface area contributed by atoms with Crippen LogP contribution in [0.25, 0.3) is 0 Å². The Morgan fingerprint density at radius 3 is 2.42 bits per heavy atom. The van der Waals surface area contributed by atoms with Crippen LogP contribution in [0.4, 0.5) is 0 Å². The van der Waals surface area contributed by atoms with Gasteiger partial charge >= 0.3 is 0 Å². The van der Waals surface area contributed by atoms with Crippen molar-refractivity contribution in [2.75, 3.05) is 7.11 Å². The largest absolute Gasteiger partial charge is 0.497 e. The summed E-state index contributed by atoms with van der Waals surface area (Å²) >= 11 is 0. The van der Waals surface area contributed by atoms with E-state index in [4.69, 9.17) is 4.74 Å². The van der Waals surface area contributed by atoms with Crippen LogP contribution in [-0.4, -0.2) is 18.3 Å². The number of allylic oxidation sites excluding steroid dienone is 3. The van der Waals surface area contributed by atoms with Gasteiger partial charge in [0, 0.05) is 0 Å². The van der Waals surface area contributed by atoms with Gasteiger partial charge in [-0.15, -0.1) is 0 Å². The lowest BCUT2D eigenvalue weighted by atomic mass is 9.60. The first-order valence-electron chi connectivity index (χ1n) is 15.2. The molecule has 0 bridgehead atoms. The molecular weight excluding hydrogens is 464 g/mol. The summed E-state index contributed by atoms with van der Waals surface area (Å²) in [7, 11) is 1.73. The van der Waals surface area contributed by atoms with Crippen LogP contribution in [0.1, 0.15) is 118 Å². The number of aliphatic hydroxyl groups is 1. The molecule has 2 nitrogen and oxygen atoms in total. The number of aliphatic hydroxyl groups excluding tert-OH is 1. The van der Waals surface area contributed by atoms with Gasteiger partial charge in [-0.25, -0.2) is 0 Å². The molecule has 2 heteroatoms. The zero-order chi connectivity index (χ0) is 26.8. The van der Waals surface area contributed by atoms with Gasteiger partial charge in [0.15, 0.2) is 0 Å². The second-order valence-corrected chi connectivity index (χ2v) is 12.2. The van der Waals surface area contributed by atoms with Crippen molar-refractivity contribution in [3.8, 4) is 5.75 Å². The van der Waals surface area contributed by atoms with Crippen molar-refractivity contribution in [2.24, 2.45) is 23.2 Å². The third-order valence-corrected chi connectivity index (χ3v) is 9.75. The third-order valence-electron chi connectivity index (χ3n) is 9.75. The first-order chi connectivity index (χ1) is 17.8. The lowest BCUT2D eigenvalue weighted by molar-refractivity contribution is 0.0935. The number of aryl methyl sites for hydroxylation is 1. The van der Waals surface area contributed by atoms with E-state index in [-0.39, 0.29) is 13.5 Å². The molecule has 0 aromatic heterocycles. The average Bonchev–Trinajstić information content (AvgIpc) is 3.27. The Bertz CT molecular complexity index is 906. The van der Waals surface area contributed by atoms with Gasteiger partial charge in [0.1, 0.15) is 5.75 Å². The van der Waals surface area contributed by atoms with Gasteiger partial charge in [0.2, 0.25) is 0 Å². The molecule has 4 unspecified atom stereocenters. The van der Waals surface area contributed by atoms with Crippen LogP contribution in [0.15, 0.2) is 59.7 Å². The van der Waals surface area contributed by atoms with E-state index in [9.17, 15) is 5.11 Å². The Balaban J connectivity index is 0.000000947. The number of benzene rings is 1. The van der Waals surface area contributed by atoms with Crippen molar-refractivity contribution in [3.63, 3.8) is 0 Å². The predicted octanol–water partition coefficient (Wildman–Crippen LogP) is 10.3. The van der Waals surface area contributed by atoms with Crippen molar-refractivity contribution in [2.45, 2.75) is 125 Å². The SMILES string of the molecule is C.C=C1/C(=C\C=C2/CCCC3(C)C2CCC3[C@H](C)CCCc2ccc(OC)cc2)CCCC1O.CCCC. The summed E-state index contributed by atoms with van der Waals surface area (Å²) in [5.41, 5.74) is 5.76. The molecule has 38 heavy (non-hydrogen) atoms. The Morgan fingerprint density at radius 2 is 1.76 bits per heavy atom. The summed E-state index contributed by atoms with van der Waals surface area (Å²) in [5.74, 6) is 3.29. The molecule has 1 aromatic rings. The Kier molecular flexibility index (Phi) is 13.4. The number of ether oxygens (including phenoxy) is 1. The van der Waals surface area contributed by atoms with Gasteiger partial charge in [-0.05, 0) is 116 Å². The number of hydrogen-bond donors (Lipinski definition) is 1. The van der Waals surface area contributed by atoms with E-state index in [0.717, 1.165) is 54.8 Å². The lowest BCUT2D eigenvalue weighted by Crippen LogP contribution is -2.36. The third kappa shape index (κ3) is 8.10. The first kappa shape index (κ1) is 32.4. The van der Waals surface area contributed by atoms with Crippen molar-refractivity contribution in [1.82, 2.24) is 0 Å². The van der Waals surface area contributed by atoms with Gasteiger partial charge in [-0.3, -0.25) is 0 Å². The van der Waals surface area contributed by atoms with E-state index in [1.165, 1.54) is 68.9 Å². The van der Waals surface area contributed by atoms with E-state index in [0.29, 0.717) is 5.41 Å². The molecule has 0 amide bonds. The molecule has 5 atom stereocenters. The van der Waals surface area contributed by atoms with Crippen LogP contribution in [0.3, 0.4) is 0 Å². The maximum absolute atomic E-state index is 10.2. The summed E-state index contributed by atoms with van der Waals surface area (Å²) in [6.45, 7) is 13.6. The minimum absolute atomic E-state index is 0. The predicted molar refractivity (Wildman–Crippen MR) is 166 cm³/mol. The maximum atomic E-state index is 10.2. The zero-order valence-electron chi connectivity index (χ0n) is 24.5. The summed E-state index contributed by atoms with van der Waals surface area (Å²) < 4.78 is 5.29. The van der Waals surface area contributed by atoms with Gasteiger partial charge in [-0.2, -0.15) is 0 Å². The van der Waals surface area contributed by atoms with Crippen LogP contribution < -0.4 is 4.74 Å². The number of methoxy groups -OCH3 is 1. The Labute approximate surface area is 235 Å². The van der Waals surface area contributed by atoms with E-state index >= 15 is 0 Å². The molecule has 4 rings (SSSR count). The van der Waals surface area contributed by atoms with E-state index in [1.807, 2.05) is 0 Å². The van der Waals surface area contributed by atoms with Crippen molar-refractivity contribution >= 4 is 0 Å². The topological polar surface area (TPSA) is 29.5 Å². The van der Waals surface area contributed by atoms with Gasteiger partial charge in [0.05, 0.1) is 13.2 Å². The summed E-state index contributed by atoms with van der Waals surface area (Å²) in [6, 6.07) is 8.58. The Hall–Kier alpha value is -1.80. The fourth-order valence-corrected chi connectivity index (χ4v) is 7.27. The molecule has 0 heterocycles. The van der Waals surface area contributed by atoms with Crippen molar-refractivity contribution in [3.05, 3.63) is 65.3 Å². The maximum Gasteiger partial charge on any atom is 0.118 e. The zero-order valence-corrected chi connectivity index (χ0v) is 24.5. The highest BCUT2D eigenvalue weighted by molar-refractivity contribution is 5.37. The van der Waals surface area contributed by atoms with E-state index in [2.05, 4.69) is 70.7 Å². The molecule has 3 aliphatic carbocycles. The average molecular weight is 523 g/mol. The Morgan fingerprint density at radius 1 is 1.05 bits per heavy atom. The summed E-state index contributed by atoms with van der Waals surface area (Å²) in [6.07, 6.45) is 20.5. The van der Waals surface area contributed by atoms with E-state index < -0.39 is 0 Å². The molecule has 1 aromatic carbocycles. The molecule has 214 valence electrons. The number of rotatable bonds is 8. The second kappa shape index (κ2) is 15.7. The molecule has 1 N–H and O–H groups in total. The monoisotopic (exact) mass is 522 g/mol. The first-order valence-corrected chi connectivity index (χ1v) is 15.2. The minimum atomic E-state index is -0.338. The molecule has 0 radical (unpaired) electrons. The number of hydrogen-bond acceptors (Lipinski definition) is 2. The van der Waals surface area contributed by atoms with E-state index in [1.54, 1.807) is 12.7 Å². The number of unbranched alkanes of at least 4 members (excludes halogenated alkanes) is 1. The standard InChI is InChI=1S/C31H44O2.C4H10.CH4/c1-22(8-5-9-24-13-17-27(33-4)18-14-24)28-19-20-29-26(11-7-21-31(28,29)3)16-15-25-10-6-12-30(32)23(25)2;1-3-4-2;/h13-18,22,28-30,32H,2,5-12,19-21H2,1,3-4H3;3-4H2,1-2H3;1H4/b25-15-,26-16+;;/t22-,28?,29?,30?,31?;;/m1../s1. The molecular formula is C36H58O2. The fourth-order valence-electron chi connectivity index (χ4n) is 7.27. The van der Waals surface area contributed by atoms with Gasteiger partial charge in [-0.1, -0.05) is 90.8 Å². The molecule has 3 fully saturated rings. The summed E-state index contributed by atoms with van der Waals surface area (Å²) in [4.78, 5) is 0. The highest BCUT2D eigenvalue weighted by Crippen LogP contribution is 2.59. The van der Waals surface area contributed by atoms with Gasteiger partial charge < -0.3 is 9.84 Å². The molecule has 3 saturated carbocycles. The molecule has 0 saturated heterocycles.